The van der Waals surface area contributed by atoms with Crippen LogP contribution in [0.25, 0.3) is 0 Å². The number of rotatable bonds is 4. The van der Waals surface area contributed by atoms with Crippen molar-refractivity contribution in [3.05, 3.63) is 41.5 Å². The molecule has 1 aromatic carbocycles. The van der Waals surface area contributed by atoms with Crippen molar-refractivity contribution in [2.24, 2.45) is 0 Å². The Labute approximate surface area is 114 Å². The zero-order valence-electron chi connectivity index (χ0n) is 11.6. The third kappa shape index (κ3) is 4.99. The van der Waals surface area contributed by atoms with E-state index in [-0.39, 0.29) is 12.4 Å². The number of nitrogens with zero attached hydrogens (tertiary/aromatic N) is 1. The van der Waals surface area contributed by atoms with Crippen molar-refractivity contribution >= 4 is 11.5 Å². The van der Waals surface area contributed by atoms with E-state index in [1.165, 1.54) is 6.92 Å². The van der Waals surface area contributed by atoms with Gasteiger partial charge in [-0.1, -0.05) is 11.8 Å². The third-order valence-corrected chi connectivity index (χ3v) is 2.80. The first kappa shape index (κ1) is 15.0. The average molecular weight is 257 g/mol. The lowest BCUT2D eigenvalue weighted by molar-refractivity contribution is -0.113. The Morgan fingerprint density at radius 2 is 1.95 bits per heavy atom. The molecule has 0 aliphatic carbocycles. The molecule has 1 rings (SSSR count). The fraction of sp³-hybridized carbons (Fsp3) is 0.312. The number of ketones is 1. The number of carbonyl (C=O) groups is 1. The van der Waals surface area contributed by atoms with Gasteiger partial charge in [0.1, 0.15) is 0 Å². The molecule has 100 valence electrons. The lowest BCUT2D eigenvalue weighted by Gasteiger charge is -2.17. The molecule has 0 spiro atoms. The summed E-state index contributed by atoms with van der Waals surface area (Å²) in [5.41, 5.74) is 2.59. The maximum absolute atomic E-state index is 11.0. The molecule has 0 saturated carbocycles. The summed E-state index contributed by atoms with van der Waals surface area (Å²) < 4.78 is 0. The van der Waals surface area contributed by atoms with Gasteiger partial charge in [-0.25, -0.2) is 0 Å². The van der Waals surface area contributed by atoms with Gasteiger partial charge in [0.15, 0.2) is 5.78 Å². The minimum atomic E-state index is 0.0373. The second-order valence-corrected chi connectivity index (χ2v) is 4.34. The SMILES string of the molecule is CC(=O)/C(C)=C/C#Cc1ccc(N(C)CCO)cc1. The molecular formula is C16H19NO2. The number of aliphatic hydroxyl groups is 1. The fourth-order valence-electron chi connectivity index (χ4n) is 1.41. The van der Waals surface area contributed by atoms with Crippen LogP contribution in [-0.2, 0) is 4.79 Å². The molecule has 0 fully saturated rings. The molecule has 19 heavy (non-hydrogen) atoms. The third-order valence-electron chi connectivity index (χ3n) is 2.80. The lowest BCUT2D eigenvalue weighted by atomic mass is 10.2. The Kier molecular flexibility index (Phi) is 5.84. The summed E-state index contributed by atoms with van der Waals surface area (Å²) in [4.78, 5) is 13.0. The van der Waals surface area contributed by atoms with Gasteiger partial charge < -0.3 is 10.0 Å². The summed E-state index contributed by atoms with van der Waals surface area (Å²) in [5, 5.41) is 8.87. The van der Waals surface area contributed by atoms with Crippen LogP contribution in [0.5, 0.6) is 0 Å². The van der Waals surface area contributed by atoms with Crippen LogP contribution in [0.3, 0.4) is 0 Å². The van der Waals surface area contributed by atoms with Gasteiger partial charge in [0.25, 0.3) is 0 Å². The molecule has 0 bridgehead atoms. The topological polar surface area (TPSA) is 40.5 Å². The summed E-state index contributed by atoms with van der Waals surface area (Å²) in [6.45, 7) is 4.02. The van der Waals surface area contributed by atoms with Gasteiger partial charge in [-0.3, -0.25) is 4.79 Å². The lowest BCUT2D eigenvalue weighted by Crippen LogP contribution is -2.20. The van der Waals surface area contributed by atoms with Gasteiger partial charge in [0.05, 0.1) is 6.61 Å². The summed E-state index contributed by atoms with van der Waals surface area (Å²) in [7, 11) is 1.93. The van der Waals surface area contributed by atoms with E-state index >= 15 is 0 Å². The number of benzene rings is 1. The van der Waals surface area contributed by atoms with Gasteiger partial charge in [-0.15, -0.1) is 0 Å². The number of aliphatic hydroxyl groups excluding tert-OH is 1. The van der Waals surface area contributed by atoms with Crippen LogP contribution >= 0.6 is 0 Å². The minimum absolute atomic E-state index is 0.0373. The predicted molar refractivity (Wildman–Crippen MR) is 78.1 cm³/mol. The average Bonchev–Trinajstić information content (AvgIpc) is 2.39. The summed E-state index contributed by atoms with van der Waals surface area (Å²) in [5.74, 6) is 5.89. The molecule has 1 N–H and O–H groups in total. The maximum Gasteiger partial charge on any atom is 0.156 e. The highest BCUT2D eigenvalue weighted by atomic mass is 16.3. The molecule has 3 heteroatoms. The van der Waals surface area contributed by atoms with Crippen LogP contribution in [0.1, 0.15) is 19.4 Å². The number of hydrogen-bond donors (Lipinski definition) is 1. The Morgan fingerprint density at radius 1 is 1.32 bits per heavy atom. The molecule has 0 radical (unpaired) electrons. The Bertz CT molecular complexity index is 518. The molecule has 0 heterocycles. The molecule has 0 saturated heterocycles. The Balaban J connectivity index is 2.75. The van der Waals surface area contributed by atoms with Crippen molar-refractivity contribution in [2.75, 3.05) is 25.1 Å². The van der Waals surface area contributed by atoms with Crippen LogP contribution in [0, 0.1) is 11.8 Å². The second-order valence-electron chi connectivity index (χ2n) is 4.34. The zero-order chi connectivity index (χ0) is 14.3. The highest BCUT2D eigenvalue weighted by molar-refractivity contribution is 5.93. The Morgan fingerprint density at radius 3 is 2.47 bits per heavy atom. The summed E-state index contributed by atoms with van der Waals surface area (Å²) in [6, 6.07) is 7.77. The minimum Gasteiger partial charge on any atom is -0.395 e. The van der Waals surface area contributed by atoms with Crippen LogP contribution in [-0.4, -0.2) is 31.1 Å². The van der Waals surface area contributed by atoms with Crippen molar-refractivity contribution in [3.8, 4) is 11.8 Å². The maximum atomic E-state index is 11.0. The molecule has 0 aliphatic rings. The standard InChI is InChI=1S/C16H19NO2/c1-13(14(2)19)5-4-6-15-7-9-16(10-8-15)17(3)11-12-18/h5,7-10,18H,11-12H2,1-3H3/b13-5+. The number of allylic oxidation sites excluding steroid dienone is 2. The number of hydrogen-bond acceptors (Lipinski definition) is 3. The number of likely N-dealkylation sites (N-methyl/N-ethyl adjacent to an activating group) is 1. The highest BCUT2D eigenvalue weighted by Crippen LogP contribution is 2.12. The first-order chi connectivity index (χ1) is 9.04. The molecule has 0 unspecified atom stereocenters. The van der Waals surface area contributed by atoms with Crippen molar-refractivity contribution < 1.29 is 9.90 Å². The van der Waals surface area contributed by atoms with E-state index in [1.807, 2.05) is 36.2 Å². The van der Waals surface area contributed by atoms with Gasteiger partial charge in [-0.2, -0.15) is 0 Å². The van der Waals surface area contributed by atoms with E-state index in [0.29, 0.717) is 12.1 Å². The summed E-state index contributed by atoms with van der Waals surface area (Å²) >= 11 is 0. The van der Waals surface area contributed by atoms with Crippen LogP contribution in [0.15, 0.2) is 35.9 Å². The zero-order valence-corrected chi connectivity index (χ0v) is 11.6. The number of carbonyl (C=O) groups excluding carboxylic acids is 1. The second kappa shape index (κ2) is 7.40. The molecule has 1 aromatic rings. The molecular weight excluding hydrogens is 238 g/mol. The van der Waals surface area contributed by atoms with E-state index in [4.69, 9.17) is 5.11 Å². The van der Waals surface area contributed by atoms with Crippen molar-refractivity contribution in [1.82, 2.24) is 0 Å². The van der Waals surface area contributed by atoms with Crippen LogP contribution in [0.4, 0.5) is 5.69 Å². The number of Topliss-reactive ketones (excluding diaryl/α,β-unsaturated/α-hetero) is 1. The van der Waals surface area contributed by atoms with Crippen LogP contribution < -0.4 is 4.90 Å². The highest BCUT2D eigenvalue weighted by Gasteiger charge is 1.98. The quantitative estimate of drug-likeness (QED) is 0.662. The van der Waals surface area contributed by atoms with E-state index in [1.54, 1.807) is 13.0 Å². The summed E-state index contributed by atoms with van der Waals surface area (Å²) in [6.07, 6.45) is 1.63. The molecule has 0 aromatic heterocycles. The van der Waals surface area contributed by atoms with Crippen molar-refractivity contribution in [2.45, 2.75) is 13.8 Å². The van der Waals surface area contributed by atoms with Crippen LogP contribution in [0.2, 0.25) is 0 Å². The Hall–Kier alpha value is -2.05. The molecule has 3 nitrogen and oxygen atoms in total. The molecule has 0 amide bonds. The smallest absolute Gasteiger partial charge is 0.156 e. The van der Waals surface area contributed by atoms with E-state index in [9.17, 15) is 4.79 Å². The fourth-order valence-corrected chi connectivity index (χ4v) is 1.41. The number of anilines is 1. The normalized spacial score (nSPS) is 10.6. The van der Waals surface area contributed by atoms with E-state index < -0.39 is 0 Å². The molecule has 0 atom stereocenters. The monoisotopic (exact) mass is 257 g/mol. The first-order valence-corrected chi connectivity index (χ1v) is 6.16. The molecule has 0 aliphatic heterocycles. The van der Waals surface area contributed by atoms with Gasteiger partial charge in [0, 0.05) is 30.4 Å². The van der Waals surface area contributed by atoms with Gasteiger partial charge in [-0.05, 0) is 44.2 Å². The van der Waals surface area contributed by atoms with E-state index in [2.05, 4.69) is 11.8 Å². The van der Waals surface area contributed by atoms with Crippen molar-refractivity contribution in [1.29, 1.82) is 0 Å². The predicted octanol–water partition coefficient (Wildman–Crippen LogP) is 2.00. The van der Waals surface area contributed by atoms with Gasteiger partial charge in [0.2, 0.25) is 0 Å². The largest absolute Gasteiger partial charge is 0.395 e. The first-order valence-electron chi connectivity index (χ1n) is 6.16. The van der Waals surface area contributed by atoms with Gasteiger partial charge >= 0.3 is 0 Å². The van der Waals surface area contributed by atoms with E-state index in [0.717, 1.165) is 11.3 Å². The van der Waals surface area contributed by atoms with Crippen molar-refractivity contribution in [3.63, 3.8) is 0 Å².